The first kappa shape index (κ1) is 12.6. The Balaban J connectivity index is 2.33. The summed E-state index contributed by atoms with van der Waals surface area (Å²) in [7, 11) is 0. The van der Waals surface area contributed by atoms with Crippen molar-refractivity contribution in [2.45, 2.75) is 12.3 Å². The minimum atomic E-state index is -0.139. The summed E-state index contributed by atoms with van der Waals surface area (Å²) in [5.74, 6) is 0. The van der Waals surface area contributed by atoms with Gasteiger partial charge in [0, 0.05) is 28.6 Å². The molecule has 19 heavy (non-hydrogen) atoms. The van der Waals surface area contributed by atoms with Crippen molar-refractivity contribution >= 4 is 33.2 Å². The van der Waals surface area contributed by atoms with Crippen LogP contribution in [0.1, 0.15) is 18.0 Å². The van der Waals surface area contributed by atoms with Crippen LogP contribution in [-0.4, -0.2) is 14.4 Å². The second kappa shape index (κ2) is 4.94. The number of rotatable bonds is 2. The van der Waals surface area contributed by atoms with E-state index in [0.717, 1.165) is 27.1 Å². The number of halogens is 2. The number of nitrogens with zero attached hydrogens (tertiary/aromatic N) is 3. The molecule has 3 nitrogen and oxygen atoms in total. The second-order valence-corrected chi connectivity index (χ2v) is 5.85. The van der Waals surface area contributed by atoms with Crippen molar-refractivity contribution < 1.29 is 0 Å². The summed E-state index contributed by atoms with van der Waals surface area (Å²) in [6, 6.07) is 7.83. The lowest BCUT2D eigenvalue weighted by Crippen LogP contribution is -1.95. The number of hydrogen-bond acceptors (Lipinski definition) is 2. The number of hydrogen-bond donors (Lipinski definition) is 0. The van der Waals surface area contributed by atoms with Gasteiger partial charge < -0.3 is 4.40 Å². The Morgan fingerprint density at radius 3 is 2.84 bits per heavy atom. The van der Waals surface area contributed by atoms with Gasteiger partial charge in [-0.2, -0.15) is 0 Å². The van der Waals surface area contributed by atoms with Crippen LogP contribution < -0.4 is 0 Å². The molecule has 3 aromatic heterocycles. The van der Waals surface area contributed by atoms with Gasteiger partial charge in [0.25, 0.3) is 0 Å². The van der Waals surface area contributed by atoms with Crippen LogP contribution in [-0.2, 0) is 0 Å². The quantitative estimate of drug-likeness (QED) is 0.647. The molecule has 0 spiro atoms. The molecule has 0 aliphatic carbocycles. The standard InChI is InChI=1S/C14H11BrClN3/c1-9(16)14-13(10-3-2-6-17-7-10)18-12-5-4-11(15)8-19(12)14/h2-9H,1H3. The first-order valence-corrected chi connectivity index (χ1v) is 7.12. The molecule has 3 rings (SSSR count). The van der Waals surface area contributed by atoms with Gasteiger partial charge >= 0.3 is 0 Å². The lowest BCUT2D eigenvalue weighted by Gasteiger charge is -2.07. The molecular formula is C14H11BrClN3. The Morgan fingerprint density at radius 2 is 2.16 bits per heavy atom. The van der Waals surface area contributed by atoms with E-state index in [2.05, 4.69) is 25.9 Å². The van der Waals surface area contributed by atoms with Gasteiger partial charge in [-0.3, -0.25) is 4.98 Å². The van der Waals surface area contributed by atoms with Crippen LogP contribution in [0.15, 0.2) is 47.3 Å². The fourth-order valence-electron chi connectivity index (χ4n) is 2.13. The van der Waals surface area contributed by atoms with Gasteiger partial charge in [0.2, 0.25) is 0 Å². The van der Waals surface area contributed by atoms with Gasteiger partial charge in [0.15, 0.2) is 0 Å². The predicted molar refractivity (Wildman–Crippen MR) is 80.4 cm³/mol. The summed E-state index contributed by atoms with van der Waals surface area (Å²) in [5, 5.41) is -0.139. The van der Waals surface area contributed by atoms with Gasteiger partial charge in [-0.05, 0) is 47.1 Å². The van der Waals surface area contributed by atoms with Gasteiger partial charge in [-0.15, -0.1) is 11.6 Å². The molecule has 0 aromatic carbocycles. The van der Waals surface area contributed by atoms with E-state index >= 15 is 0 Å². The van der Waals surface area contributed by atoms with Crippen molar-refractivity contribution in [3.05, 3.63) is 53.0 Å². The molecule has 0 saturated heterocycles. The number of pyridine rings is 2. The van der Waals surface area contributed by atoms with Crippen molar-refractivity contribution in [3.8, 4) is 11.3 Å². The van der Waals surface area contributed by atoms with Crippen LogP contribution >= 0.6 is 27.5 Å². The lowest BCUT2D eigenvalue weighted by molar-refractivity contribution is 0.962. The summed E-state index contributed by atoms with van der Waals surface area (Å²) < 4.78 is 3.01. The van der Waals surface area contributed by atoms with Crippen molar-refractivity contribution in [1.29, 1.82) is 0 Å². The topological polar surface area (TPSA) is 30.2 Å². The highest BCUT2D eigenvalue weighted by molar-refractivity contribution is 9.10. The smallest absolute Gasteiger partial charge is 0.137 e. The molecular weight excluding hydrogens is 326 g/mol. The van der Waals surface area contributed by atoms with E-state index < -0.39 is 0 Å². The Labute approximate surface area is 124 Å². The van der Waals surface area contributed by atoms with E-state index in [9.17, 15) is 0 Å². The van der Waals surface area contributed by atoms with Crippen LogP contribution in [0.4, 0.5) is 0 Å². The summed E-state index contributed by atoms with van der Waals surface area (Å²) in [6.07, 6.45) is 5.54. The normalized spacial score (nSPS) is 12.8. The Bertz CT molecular complexity index is 722. The Kier molecular flexibility index (Phi) is 3.29. The number of alkyl halides is 1. The number of aromatic nitrogens is 3. The minimum absolute atomic E-state index is 0.139. The zero-order chi connectivity index (χ0) is 13.4. The van der Waals surface area contributed by atoms with Crippen LogP contribution in [0.25, 0.3) is 16.9 Å². The van der Waals surface area contributed by atoms with E-state index in [1.54, 1.807) is 12.4 Å². The molecule has 0 radical (unpaired) electrons. The molecule has 1 unspecified atom stereocenters. The summed E-state index contributed by atoms with van der Waals surface area (Å²) in [6.45, 7) is 1.95. The van der Waals surface area contributed by atoms with E-state index in [-0.39, 0.29) is 5.38 Å². The maximum absolute atomic E-state index is 6.33. The summed E-state index contributed by atoms with van der Waals surface area (Å²) >= 11 is 9.81. The highest BCUT2D eigenvalue weighted by atomic mass is 79.9. The maximum Gasteiger partial charge on any atom is 0.137 e. The molecule has 5 heteroatoms. The molecule has 0 N–H and O–H groups in total. The summed E-state index contributed by atoms with van der Waals surface area (Å²) in [4.78, 5) is 8.81. The second-order valence-electron chi connectivity index (χ2n) is 4.28. The van der Waals surface area contributed by atoms with Crippen molar-refractivity contribution in [3.63, 3.8) is 0 Å². The van der Waals surface area contributed by atoms with Crippen molar-refractivity contribution in [1.82, 2.24) is 14.4 Å². The molecule has 96 valence electrons. The lowest BCUT2D eigenvalue weighted by atomic mass is 10.1. The molecule has 3 heterocycles. The molecule has 0 aliphatic rings. The third-order valence-electron chi connectivity index (χ3n) is 2.93. The fourth-order valence-corrected chi connectivity index (χ4v) is 2.68. The summed E-state index contributed by atoms with van der Waals surface area (Å²) in [5.41, 5.74) is 3.72. The van der Waals surface area contributed by atoms with Crippen LogP contribution in [0.3, 0.4) is 0 Å². The Hall–Kier alpha value is -1.39. The molecule has 0 fully saturated rings. The SMILES string of the molecule is CC(Cl)c1c(-c2cccnc2)nc2ccc(Br)cn12. The van der Waals surface area contributed by atoms with E-state index in [1.165, 1.54) is 0 Å². The average molecular weight is 337 g/mol. The third-order valence-corrected chi connectivity index (χ3v) is 3.61. The molecule has 0 bridgehead atoms. The third kappa shape index (κ3) is 2.26. The molecule has 0 aliphatic heterocycles. The van der Waals surface area contributed by atoms with Crippen LogP contribution in [0, 0.1) is 0 Å². The zero-order valence-corrected chi connectivity index (χ0v) is 12.6. The predicted octanol–water partition coefficient (Wildman–Crippen LogP) is 4.46. The van der Waals surface area contributed by atoms with Crippen molar-refractivity contribution in [2.24, 2.45) is 0 Å². The number of fused-ring (bicyclic) bond motifs is 1. The van der Waals surface area contributed by atoms with E-state index in [0.29, 0.717) is 0 Å². The van der Waals surface area contributed by atoms with Crippen molar-refractivity contribution in [2.75, 3.05) is 0 Å². The molecule has 3 aromatic rings. The average Bonchev–Trinajstić information content (AvgIpc) is 2.78. The van der Waals surface area contributed by atoms with Gasteiger partial charge in [-0.1, -0.05) is 0 Å². The van der Waals surface area contributed by atoms with Gasteiger partial charge in [0.05, 0.1) is 16.8 Å². The van der Waals surface area contributed by atoms with Crippen LogP contribution in [0.5, 0.6) is 0 Å². The van der Waals surface area contributed by atoms with Gasteiger partial charge in [-0.25, -0.2) is 4.98 Å². The maximum atomic E-state index is 6.33. The monoisotopic (exact) mass is 335 g/mol. The molecule has 0 saturated carbocycles. The fraction of sp³-hybridized carbons (Fsp3) is 0.143. The largest absolute Gasteiger partial charge is 0.301 e. The molecule has 1 atom stereocenters. The number of imidazole rings is 1. The zero-order valence-electron chi connectivity index (χ0n) is 10.2. The highest BCUT2D eigenvalue weighted by Crippen LogP contribution is 2.32. The minimum Gasteiger partial charge on any atom is -0.301 e. The van der Waals surface area contributed by atoms with Gasteiger partial charge in [0.1, 0.15) is 5.65 Å². The first-order chi connectivity index (χ1) is 9.16. The highest BCUT2D eigenvalue weighted by Gasteiger charge is 2.18. The molecule has 0 amide bonds. The van der Waals surface area contributed by atoms with Crippen LogP contribution in [0.2, 0.25) is 0 Å². The first-order valence-electron chi connectivity index (χ1n) is 5.89. The Morgan fingerprint density at radius 1 is 1.32 bits per heavy atom. The van der Waals surface area contributed by atoms with E-state index in [1.807, 2.05) is 41.8 Å². The van der Waals surface area contributed by atoms with E-state index in [4.69, 9.17) is 11.6 Å².